The van der Waals surface area contributed by atoms with Crippen molar-refractivity contribution < 1.29 is 14.0 Å². The van der Waals surface area contributed by atoms with Crippen molar-refractivity contribution in [3.8, 4) is 0 Å². The van der Waals surface area contributed by atoms with Crippen molar-refractivity contribution in [1.82, 2.24) is 14.9 Å². The number of benzene rings is 2. The number of amides is 2. The Morgan fingerprint density at radius 1 is 1.15 bits per heavy atom. The first-order valence-electron chi connectivity index (χ1n) is 10.9. The van der Waals surface area contributed by atoms with E-state index in [-0.39, 0.29) is 23.5 Å². The fourth-order valence-electron chi connectivity index (χ4n) is 4.07. The number of hydrogen-bond acceptors (Lipinski definition) is 6. The van der Waals surface area contributed by atoms with Gasteiger partial charge in [-0.2, -0.15) is 0 Å². The molecule has 1 saturated heterocycles. The Labute approximate surface area is 204 Å². The Morgan fingerprint density at radius 3 is 2.74 bits per heavy atom. The predicted molar refractivity (Wildman–Crippen MR) is 134 cm³/mol. The second kappa shape index (κ2) is 9.44. The fourth-order valence-corrected chi connectivity index (χ4v) is 6.03. The zero-order chi connectivity index (χ0) is 23.7. The quantitative estimate of drug-likeness (QED) is 0.323. The molecule has 2 aromatic heterocycles. The standard InChI is InChI=1S/C25H21FN4O2S2/c1-16(31)30(20-9-4-2-7-18(20)26)25-27-17(15-33-25)12-13-23(32)29-14-6-10-21(29)24-28-19-8-3-5-11-22(19)34-24/h2-5,7-9,11-13,15,21H,6,10,14H2,1H3/b13-12+. The van der Waals surface area contributed by atoms with Gasteiger partial charge in [0.15, 0.2) is 5.13 Å². The van der Waals surface area contributed by atoms with E-state index in [2.05, 4.69) is 4.98 Å². The number of likely N-dealkylation sites (tertiary alicyclic amines) is 1. The molecular formula is C25H21FN4O2S2. The number of thiazole rings is 2. The first-order valence-corrected chi connectivity index (χ1v) is 12.6. The van der Waals surface area contributed by atoms with Crippen molar-refractivity contribution in [3.63, 3.8) is 0 Å². The third kappa shape index (κ3) is 4.36. The minimum atomic E-state index is -0.505. The van der Waals surface area contributed by atoms with Crippen LogP contribution in [-0.2, 0) is 9.59 Å². The Bertz CT molecular complexity index is 1360. The van der Waals surface area contributed by atoms with E-state index in [1.54, 1.807) is 34.9 Å². The summed E-state index contributed by atoms with van der Waals surface area (Å²) in [6.45, 7) is 2.04. The van der Waals surface area contributed by atoms with Crippen LogP contribution >= 0.6 is 22.7 Å². The van der Waals surface area contributed by atoms with Gasteiger partial charge >= 0.3 is 0 Å². The van der Waals surface area contributed by atoms with Crippen LogP contribution in [0.25, 0.3) is 16.3 Å². The van der Waals surface area contributed by atoms with Gasteiger partial charge in [-0.1, -0.05) is 24.3 Å². The highest BCUT2D eigenvalue weighted by Crippen LogP contribution is 2.37. The molecule has 1 aliphatic rings. The van der Waals surface area contributed by atoms with Gasteiger partial charge in [0.05, 0.1) is 27.6 Å². The number of halogens is 1. The molecule has 34 heavy (non-hydrogen) atoms. The molecule has 1 atom stereocenters. The van der Waals surface area contributed by atoms with Crippen LogP contribution < -0.4 is 4.90 Å². The summed E-state index contributed by atoms with van der Waals surface area (Å²) >= 11 is 2.85. The Hall–Kier alpha value is -3.43. The summed E-state index contributed by atoms with van der Waals surface area (Å²) in [5.41, 5.74) is 1.63. The molecule has 0 bridgehead atoms. The van der Waals surface area contributed by atoms with E-state index in [1.807, 2.05) is 29.2 Å². The number of nitrogens with zero attached hydrogens (tertiary/aromatic N) is 4. The van der Waals surface area contributed by atoms with Crippen LogP contribution in [-0.4, -0.2) is 33.2 Å². The summed E-state index contributed by atoms with van der Waals surface area (Å²) in [5.74, 6) is -0.953. The third-order valence-corrected chi connectivity index (χ3v) is 7.62. The molecule has 1 aliphatic heterocycles. The molecule has 2 aromatic carbocycles. The monoisotopic (exact) mass is 492 g/mol. The maximum atomic E-state index is 14.3. The average Bonchev–Trinajstić information content (AvgIpc) is 3.57. The fraction of sp³-hybridized carbons (Fsp3) is 0.200. The van der Waals surface area contributed by atoms with Crippen LogP contribution in [0, 0.1) is 5.82 Å². The van der Waals surface area contributed by atoms with E-state index in [0.717, 1.165) is 28.1 Å². The van der Waals surface area contributed by atoms with Gasteiger partial charge in [0.25, 0.3) is 0 Å². The molecule has 2 amide bonds. The first kappa shape index (κ1) is 22.4. The zero-order valence-electron chi connectivity index (χ0n) is 18.3. The minimum absolute atomic E-state index is 0.0326. The van der Waals surface area contributed by atoms with E-state index in [4.69, 9.17) is 4.98 Å². The summed E-state index contributed by atoms with van der Waals surface area (Å²) < 4.78 is 15.4. The van der Waals surface area contributed by atoms with Gasteiger partial charge in [-0.3, -0.25) is 14.5 Å². The number of para-hydroxylation sites is 2. The summed E-state index contributed by atoms with van der Waals surface area (Å²) in [6, 6.07) is 14.0. The van der Waals surface area contributed by atoms with Crippen LogP contribution in [0.1, 0.15) is 36.5 Å². The topological polar surface area (TPSA) is 66.4 Å². The Morgan fingerprint density at radius 2 is 1.94 bits per heavy atom. The summed E-state index contributed by atoms with van der Waals surface area (Å²) in [6.07, 6.45) is 4.95. The molecule has 9 heteroatoms. The van der Waals surface area contributed by atoms with Crippen molar-refractivity contribution in [1.29, 1.82) is 0 Å². The van der Waals surface area contributed by atoms with Gasteiger partial charge in [0, 0.05) is 24.9 Å². The molecule has 0 N–H and O–H groups in total. The molecule has 0 spiro atoms. The highest BCUT2D eigenvalue weighted by atomic mass is 32.1. The highest BCUT2D eigenvalue weighted by molar-refractivity contribution is 7.18. The molecule has 0 aliphatic carbocycles. The molecule has 6 nitrogen and oxygen atoms in total. The van der Waals surface area contributed by atoms with Crippen LogP contribution in [0.2, 0.25) is 0 Å². The van der Waals surface area contributed by atoms with E-state index in [1.165, 1.54) is 41.4 Å². The zero-order valence-corrected chi connectivity index (χ0v) is 20.0. The van der Waals surface area contributed by atoms with Crippen molar-refractivity contribution in [2.24, 2.45) is 0 Å². The van der Waals surface area contributed by atoms with E-state index in [9.17, 15) is 14.0 Å². The molecular weight excluding hydrogens is 471 g/mol. The Balaban J connectivity index is 1.34. The number of aromatic nitrogens is 2. The summed E-state index contributed by atoms with van der Waals surface area (Å²) in [4.78, 5) is 37.5. The van der Waals surface area contributed by atoms with Gasteiger partial charge in [-0.25, -0.2) is 14.4 Å². The van der Waals surface area contributed by atoms with Crippen LogP contribution in [0.15, 0.2) is 60.0 Å². The molecule has 5 rings (SSSR count). The second-order valence-electron chi connectivity index (χ2n) is 7.90. The number of hydrogen-bond donors (Lipinski definition) is 0. The predicted octanol–water partition coefficient (Wildman–Crippen LogP) is 5.95. The van der Waals surface area contributed by atoms with Crippen molar-refractivity contribution in [3.05, 3.63) is 76.5 Å². The lowest BCUT2D eigenvalue weighted by Gasteiger charge is -2.21. The lowest BCUT2D eigenvalue weighted by atomic mass is 10.2. The maximum Gasteiger partial charge on any atom is 0.247 e. The molecule has 4 aromatic rings. The second-order valence-corrected chi connectivity index (χ2v) is 9.80. The number of rotatable bonds is 5. The van der Waals surface area contributed by atoms with Crippen LogP contribution in [0.3, 0.4) is 0 Å². The van der Waals surface area contributed by atoms with E-state index < -0.39 is 5.82 Å². The Kier molecular flexibility index (Phi) is 6.21. The van der Waals surface area contributed by atoms with Crippen molar-refractivity contribution in [2.75, 3.05) is 11.4 Å². The van der Waals surface area contributed by atoms with Gasteiger partial charge in [-0.05, 0) is 43.2 Å². The first-order chi connectivity index (χ1) is 16.5. The van der Waals surface area contributed by atoms with Gasteiger partial charge in [-0.15, -0.1) is 22.7 Å². The van der Waals surface area contributed by atoms with Gasteiger partial charge in [0.2, 0.25) is 11.8 Å². The lowest BCUT2D eigenvalue weighted by Crippen LogP contribution is -2.28. The SMILES string of the molecule is CC(=O)N(c1nc(/C=C/C(=O)N2CCCC2c2nc3ccccc3s2)cs1)c1ccccc1F. The van der Waals surface area contributed by atoms with Gasteiger partial charge in [0.1, 0.15) is 10.8 Å². The van der Waals surface area contributed by atoms with Crippen LogP contribution in [0.4, 0.5) is 15.2 Å². The molecule has 1 fully saturated rings. The molecule has 172 valence electrons. The summed E-state index contributed by atoms with van der Waals surface area (Å²) in [5, 5.41) is 3.04. The largest absolute Gasteiger partial charge is 0.330 e. The highest BCUT2D eigenvalue weighted by Gasteiger charge is 2.31. The van der Waals surface area contributed by atoms with Gasteiger partial charge < -0.3 is 4.90 Å². The molecule has 0 saturated carbocycles. The number of anilines is 2. The van der Waals surface area contributed by atoms with E-state index >= 15 is 0 Å². The van der Waals surface area contributed by atoms with Crippen molar-refractivity contribution in [2.45, 2.75) is 25.8 Å². The number of carbonyl (C=O) groups is 2. The molecule has 3 heterocycles. The van der Waals surface area contributed by atoms with Crippen molar-refractivity contribution >= 4 is 61.6 Å². The maximum absolute atomic E-state index is 14.3. The summed E-state index contributed by atoms with van der Waals surface area (Å²) in [7, 11) is 0. The normalized spacial score (nSPS) is 15.9. The smallest absolute Gasteiger partial charge is 0.247 e. The lowest BCUT2D eigenvalue weighted by molar-refractivity contribution is -0.126. The van der Waals surface area contributed by atoms with E-state index in [0.29, 0.717) is 17.4 Å². The van der Waals surface area contributed by atoms with Crippen LogP contribution in [0.5, 0.6) is 0 Å². The third-order valence-electron chi connectivity index (χ3n) is 5.64. The number of fused-ring (bicyclic) bond motifs is 1. The molecule has 0 radical (unpaired) electrons. The minimum Gasteiger partial charge on any atom is -0.330 e. The number of carbonyl (C=O) groups excluding carboxylic acids is 2. The average molecular weight is 493 g/mol. The molecule has 1 unspecified atom stereocenters.